The number of fused-ring (bicyclic) bond motifs is 1. The minimum Gasteiger partial charge on any atom is -0.300 e. The van der Waals surface area contributed by atoms with Crippen molar-refractivity contribution >= 4 is 34.2 Å². The van der Waals surface area contributed by atoms with E-state index in [1.54, 1.807) is 30.5 Å². The molecule has 0 aliphatic carbocycles. The molecule has 112 valence electrons. The zero-order valence-electron chi connectivity index (χ0n) is 12.0. The second kappa shape index (κ2) is 5.34. The van der Waals surface area contributed by atoms with Gasteiger partial charge in [-0.25, -0.2) is 4.98 Å². The zero-order chi connectivity index (χ0) is 15.9. The Morgan fingerprint density at radius 1 is 1.23 bits per heavy atom. The fourth-order valence-corrected chi connectivity index (χ4v) is 2.97. The number of hydrogen-bond acceptors (Lipinski definition) is 5. The van der Waals surface area contributed by atoms with E-state index in [1.165, 1.54) is 18.3 Å². The number of carbonyl (C=O) groups is 3. The molecule has 1 N–H and O–H groups in total. The van der Waals surface area contributed by atoms with E-state index < -0.39 is 23.8 Å². The summed E-state index contributed by atoms with van der Waals surface area (Å²) in [5, 5.41) is 3.08. The number of rotatable bonds is 3. The maximum Gasteiger partial charge on any atom is 0.262 e. The molecule has 22 heavy (non-hydrogen) atoms. The molecular weight excluding hydrogens is 302 g/mol. The van der Waals surface area contributed by atoms with E-state index in [0.29, 0.717) is 16.3 Å². The van der Waals surface area contributed by atoms with Crippen molar-refractivity contribution in [3.63, 3.8) is 0 Å². The van der Waals surface area contributed by atoms with Crippen molar-refractivity contribution in [1.82, 2.24) is 9.88 Å². The van der Waals surface area contributed by atoms with E-state index in [0.717, 1.165) is 9.78 Å². The highest BCUT2D eigenvalue weighted by molar-refractivity contribution is 7.15. The molecule has 0 saturated carbocycles. The molecule has 3 amide bonds. The molecule has 3 rings (SSSR count). The summed E-state index contributed by atoms with van der Waals surface area (Å²) >= 11 is 1.33. The molecule has 0 unspecified atom stereocenters. The number of nitrogens with one attached hydrogen (secondary N) is 1. The largest absolute Gasteiger partial charge is 0.300 e. The van der Waals surface area contributed by atoms with Gasteiger partial charge in [0.25, 0.3) is 11.8 Å². The second-order valence-electron chi connectivity index (χ2n) is 4.97. The lowest BCUT2D eigenvalue weighted by molar-refractivity contribution is -0.119. The van der Waals surface area contributed by atoms with Gasteiger partial charge in [0, 0.05) is 11.1 Å². The van der Waals surface area contributed by atoms with Gasteiger partial charge in [0.05, 0.1) is 11.1 Å². The van der Waals surface area contributed by atoms with Gasteiger partial charge < -0.3 is 5.32 Å². The smallest absolute Gasteiger partial charge is 0.262 e. The standard InChI is InChI=1S/C15H13N3O3S/c1-8-7-16-15(22-8)17-12(19)9(2)18-13(20)10-5-3-4-6-11(10)14(18)21/h3-7,9H,1-2H3,(H,16,17,19)/t9-/m0/s1. The summed E-state index contributed by atoms with van der Waals surface area (Å²) in [6.45, 7) is 3.40. The first-order valence-corrected chi connectivity index (χ1v) is 7.51. The summed E-state index contributed by atoms with van der Waals surface area (Å²) in [7, 11) is 0. The molecule has 1 aliphatic heterocycles. The van der Waals surface area contributed by atoms with Crippen LogP contribution in [-0.4, -0.2) is 33.6 Å². The van der Waals surface area contributed by atoms with Crippen LogP contribution in [-0.2, 0) is 4.79 Å². The summed E-state index contributed by atoms with van der Waals surface area (Å²) in [6.07, 6.45) is 1.65. The molecule has 0 fully saturated rings. The van der Waals surface area contributed by atoms with Gasteiger partial charge in [0.15, 0.2) is 5.13 Å². The van der Waals surface area contributed by atoms with Gasteiger partial charge in [-0.2, -0.15) is 0 Å². The van der Waals surface area contributed by atoms with Gasteiger partial charge in [0.2, 0.25) is 5.91 Å². The van der Waals surface area contributed by atoms with Gasteiger partial charge in [-0.15, -0.1) is 11.3 Å². The Morgan fingerprint density at radius 2 is 1.82 bits per heavy atom. The Labute approximate surface area is 130 Å². The molecule has 0 spiro atoms. The summed E-state index contributed by atoms with van der Waals surface area (Å²) in [4.78, 5) is 42.9. The summed E-state index contributed by atoms with van der Waals surface area (Å²) in [5.74, 6) is -1.33. The molecule has 7 heteroatoms. The number of aryl methyl sites for hydroxylation is 1. The van der Waals surface area contributed by atoms with Crippen molar-refractivity contribution in [2.45, 2.75) is 19.9 Å². The highest BCUT2D eigenvalue weighted by Gasteiger charge is 2.40. The molecule has 6 nitrogen and oxygen atoms in total. The van der Waals surface area contributed by atoms with Crippen molar-refractivity contribution in [1.29, 1.82) is 0 Å². The fraction of sp³-hybridized carbons (Fsp3) is 0.200. The molecule has 1 atom stereocenters. The molecule has 2 aromatic rings. The minimum absolute atomic E-state index is 0.331. The van der Waals surface area contributed by atoms with Crippen LogP contribution in [0.25, 0.3) is 0 Å². The summed E-state index contributed by atoms with van der Waals surface area (Å²) in [5.41, 5.74) is 0.662. The quantitative estimate of drug-likeness (QED) is 0.879. The van der Waals surface area contributed by atoms with E-state index >= 15 is 0 Å². The van der Waals surface area contributed by atoms with E-state index in [2.05, 4.69) is 10.3 Å². The number of nitrogens with zero attached hydrogens (tertiary/aromatic N) is 2. The lowest BCUT2D eigenvalue weighted by Crippen LogP contribution is -2.45. The van der Waals surface area contributed by atoms with Crippen molar-refractivity contribution in [2.75, 3.05) is 5.32 Å². The highest BCUT2D eigenvalue weighted by Crippen LogP contribution is 2.25. The van der Waals surface area contributed by atoms with Crippen LogP contribution in [0.5, 0.6) is 0 Å². The van der Waals surface area contributed by atoms with Crippen LogP contribution in [0.3, 0.4) is 0 Å². The Bertz CT molecular complexity index is 749. The molecule has 1 aromatic carbocycles. The van der Waals surface area contributed by atoms with Gasteiger partial charge >= 0.3 is 0 Å². The van der Waals surface area contributed by atoms with Gasteiger partial charge in [-0.1, -0.05) is 12.1 Å². The molecule has 0 radical (unpaired) electrons. The first-order valence-electron chi connectivity index (χ1n) is 6.69. The van der Waals surface area contributed by atoms with E-state index in [4.69, 9.17) is 0 Å². The maximum absolute atomic E-state index is 12.3. The van der Waals surface area contributed by atoms with Gasteiger partial charge in [0.1, 0.15) is 6.04 Å². The number of anilines is 1. The Balaban J connectivity index is 1.81. The normalized spacial score (nSPS) is 14.9. The topological polar surface area (TPSA) is 79.4 Å². The van der Waals surface area contributed by atoms with Crippen molar-refractivity contribution in [3.8, 4) is 0 Å². The van der Waals surface area contributed by atoms with Crippen LogP contribution >= 0.6 is 11.3 Å². The average Bonchev–Trinajstić information content (AvgIpc) is 3.01. The first kappa shape index (κ1) is 14.4. The third-order valence-corrected chi connectivity index (χ3v) is 4.27. The van der Waals surface area contributed by atoms with Crippen LogP contribution in [0.2, 0.25) is 0 Å². The second-order valence-corrected chi connectivity index (χ2v) is 6.20. The number of benzene rings is 1. The predicted molar refractivity (Wildman–Crippen MR) is 81.9 cm³/mol. The SMILES string of the molecule is Cc1cnc(NC(=O)[C@H](C)N2C(=O)c3ccccc3C2=O)s1. The number of imide groups is 1. The monoisotopic (exact) mass is 315 g/mol. The van der Waals surface area contributed by atoms with Crippen molar-refractivity contribution in [3.05, 3.63) is 46.5 Å². The van der Waals surface area contributed by atoms with Crippen LogP contribution in [0.4, 0.5) is 5.13 Å². The molecule has 1 aliphatic rings. The number of thiazole rings is 1. The van der Waals surface area contributed by atoms with Crippen LogP contribution in [0, 0.1) is 6.92 Å². The fourth-order valence-electron chi connectivity index (χ4n) is 2.30. The molecule has 0 saturated heterocycles. The molecular formula is C15H13N3O3S. The Kier molecular flexibility index (Phi) is 3.50. The van der Waals surface area contributed by atoms with E-state index in [-0.39, 0.29) is 0 Å². The number of amides is 3. The van der Waals surface area contributed by atoms with Gasteiger partial charge in [-0.3, -0.25) is 19.3 Å². The van der Waals surface area contributed by atoms with Gasteiger partial charge in [-0.05, 0) is 26.0 Å². The maximum atomic E-state index is 12.3. The van der Waals surface area contributed by atoms with Crippen LogP contribution in [0.15, 0.2) is 30.5 Å². The first-order chi connectivity index (χ1) is 10.5. The predicted octanol–water partition coefficient (Wildman–Crippen LogP) is 2.07. The lowest BCUT2D eigenvalue weighted by atomic mass is 10.1. The number of aromatic nitrogens is 1. The van der Waals surface area contributed by atoms with Crippen molar-refractivity contribution in [2.24, 2.45) is 0 Å². The Hall–Kier alpha value is -2.54. The molecule has 2 heterocycles. The molecule has 0 bridgehead atoms. The van der Waals surface area contributed by atoms with Crippen LogP contribution in [0.1, 0.15) is 32.5 Å². The van der Waals surface area contributed by atoms with Crippen LogP contribution < -0.4 is 5.32 Å². The highest BCUT2D eigenvalue weighted by atomic mass is 32.1. The average molecular weight is 315 g/mol. The Morgan fingerprint density at radius 3 is 2.32 bits per heavy atom. The molecule has 1 aromatic heterocycles. The van der Waals surface area contributed by atoms with E-state index in [9.17, 15) is 14.4 Å². The van der Waals surface area contributed by atoms with E-state index in [1.807, 2.05) is 6.92 Å². The third-order valence-electron chi connectivity index (χ3n) is 3.44. The number of carbonyl (C=O) groups excluding carboxylic acids is 3. The summed E-state index contributed by atoms with van der Waals surface area (Å²) in [6, 6.07) is 5.65. The third kappa shape index (κ3) is 2.29. The van der Waals surface area contributed by atoms with Crippen molar-refractivity contribution < 1.29 is 14.4 Å². The lowest BCUT2D eigenvalue weighted by Gasteiger charge is -2.21. The zero-order valence-corrected chi connectivity index (χ0v) is 12.8. The minimum atomic E-state index is -0.906. The number of hydrogen-bond donors (Lipinski definition) is 1. The summed E-state index contributed by atoms with van der Waals surface area (Å²) < 4.78 is 0.